The fourth-order valence-electron chi connectivity index (χ4n) is 2.63. The summed E-state index contributed by atoms with van der Waals surface area (Å²) in [7, 11) is 0. The zero-order valence-electron chi connectivity index (χ0n) is 13.0. The lowest BCUT2D eigenvalue weighted by Crippen LogP contribution is -2.36. The van der Waals surface area contributed by atoms with Crippen LogP contribution in [0.3, 0.4) is 0 Å². The largest absolute Gasteiger partial charge is 0.342 e. The molecule has 0 spiro atoms. The lowest BCUT2D eigenvalue weighted by molar-refractivity contribution is 0.409. The molecule has 1 aliphatic rings. The molecule has 0 radical (unpaired) electrons. The number of anilines is 1. The first-order chi connectivity index (χ1) is 10.6. The number of thiocarbonyl (C=S) groups is 1. The van der Waals surface area contributed by atoms with E-state index >= 15 is 0 Å². The summed E-state index contributed by atoms with van der Waals surface area (Å²) >= 11 is 5.69. The van der Waals surface area contributed by atoms with E-state index in [1.54, 1.807) is 0 Å². The van der Waals surface area contributed by atoms with Crippen LogP contribution in [-0.2, 0) is 6.54 Å². The van der Waals surface area contributed by atoms with Crippen LogP contribution in [0.15, 0.2) is 42.7 Å². The predicted molar refractivity (Wildman–Crippen MR) is 94.9 cm³/mol. The van der Waals surface area contributed by atoms with Gasteiger partial charge < -0.3 is 10.2 Å². The molecule has 1 aromatic carbocycles. The Balaban J connectivity index is 1.76. The molecule has 22 heavy (non-hydrogen) atoms. The van der Waals surface area contributed by atoms with Crippen LogP contribution in [-0.4, -0.2) is 21.0 Å². The zero-order chi connectivity index (χ0) is 15.5. The van der Waals surface area contributed by atoms with E-state index in [4.69, 9.17) is 12.2 Å². The van der Waals surface area contributed by atoms with Crippen molar-refractivity contribution in [3.05, 3.63) is 59.4 Å². The van der Waals surface area contributed by atoms with Gasteiger partial charge in [-0.3, -0.25) is 4.98 Å². The quantitative estimate of drug-likeness (QED) is 0.862. The SMILES string of the molecule is Cc1cccc(C)c1NC(=S)N(Cc1ccncc1)C1CC1. The smallest absolute Gasteiger partial charge is 0.173 e. The number of rotatable bonds is 4. The van der Waals surface area contributed by atoms with Gasteiger partial charge in [-0.15, -0.1) is 0 Å². The third kappa shape index (κ3) is 3.45. The Kier molecular flexibility index (Phi) is 4.39. The maximum absolute atomic E-state index is 5.69. The minimum absolute atomic E-state index is 0.567. The molecule has 0 amide bonds. The first kappa shape index (κ1) is 15.0. The molecule has 1 saturated carbocycles. The van der Waals surface area contributed by atoms with E-state index < -0.39 is 0 Å². The first-order valence-corrected chi connectivity index (χ1v) is 8.08. The average molecular weight is 311 g/mol. The van der Waals surface area contributed by atoms with Crippen molar-refractivity contribution in [1.29, 1.82) is 0 Å². The lowest BCUT2D eigenvalue weighted by Gasteiger charge is -2.27. The molecular weight excluding hydrogens is 290 g/mol. The molecule has 1 fully saturated rings. The molecule has 0 atom stereocenters. The van der Waals surface area contributed by atoms with Crippen LogP contribution in [0.5, 0.6) is 0 Å². The molecule has 3 rings (SSSR count). The highest BCUT2D eigenvalue weighted by Gasteiger charge is 2.31. The van der Waals surface area contributed by atoms with Crippen molar-refractivity contribution in [3.8, 4) is 0 Å². The maximum atomic E-state index is 5.69. The van der Waals surface area contributed by atoms with E-state index in [9.17, 15) is 0 Å². The molecule has 1 heterocycles. The van der Waals surface area contributed by atoms with Crippen LogP contribution in [0.2, 0.25) is 0 Å². The number of nitrogens with one attached hydrogen (secondary N) is 1. The molecule has 1 N–H and O–H groups in total. The van der Waals surface area contributed by atoms with Crippen molar-refractivity contribution in [2.45, 2.75) is 39.3 Å². The predicted octanol–water partition coefficient (Wildman–Crippen LogP) is 4.06. The van der Waals surface area contributed by atoms with Gasteiger partial charge >= 0.3 is 0 Å². The summed E-state index contributed by atoms with van der Waals surface area (Å²) in [6.45, 7) is 5.06. The van der Waals surface area contributed by atoms with Crippen LogP contribution in [0.4, 0.5) is 5.69 Å². The fraction of sp³-hybridized carbons (Fsp3) is 0.333. The van der Waals surface area contributed by atoms with E-state index in [1.165, 1.54) is 29.5 Å². The van der Waals surface area contributed by atoms with E-state index in [0.29, 0.717) is 6.04 Å². The number of pyridine rings is 1. The second-order valence-electron chi connectivity index (χ2n) is 5.91. The van der Waals surface area contributed by atoms with E-state index in [2.05, 4.69) is 59.4 Å². The molecule has 0 unspecified atom stereocenters. The second-order valence-corrected chi connectivity index (χ2v) is 6.30. The van der Waals surface area contributed by atoms with Crippen LogP contribution in [0.1, 0.15) is 29.5 Å². The van der Waals surface area contributed by atoms with Crippen molar-refractivity contribution in [2.75, 3.05) is 5.32 Å². The molecule has 4 heteroatoms. The minimum atomic E-state index is 0.567. The van der Waals surface area contributed by atoms with Crippen molar-refractivity contribution in [1.82, 2.24) is 9.88 Å². The van der Waals surface area contributed by atoms with Crippen molar-refractivity contribution < 1.29 is 0 Å². The normalized spacial score (nSPS) is 13.7. The number of aryl methyl sites for hydroxylation is 2. The standard InChI is InChI=1S/C18H21N3S/c1-13-4-3-5-14(2)17(13)20-18(22)21(16-6-7-16)12-15-8-10-19-11-9-15/h3-5,8-11,16H,6-7,12H2,1-2H3,(H,20,22). The molecule has 0 saturated heterocycles. The number of nitrogens with zero attached hydrogens (tertiary/aromatic N) is 2. The number of aromatic nitrogens is 1. The second kappa shape index (κ2) is 6.44. The summed E-state index contributed by atoms with van der Waals surface area (Å²) in [6.07, 6.45) is 6.12. The Hall–Kier alpha value is -1.94. The molecule has 1 aliphatic carbocycles. The summed E-state index contributed by atoms with van der Waals surface area (Å²) < 4.78 is 0. The van der Waals surface area contributed by atoms with Gasteiger partial charge in [0.05, 0.1) is 0 Å². The van der Waals surface area contributed by atoms with Crippen LogP contribution < -0.4 is 5.32 Å². The number of hydrogen-bond acceptors (Lipinski definition) is 2. The lowest BCUT2D eigenvalue weighted by atomic mass is 10.1. The monoisotopic (exact) mass is 311 g/mol. The van der Waals surface area contributed by atoms with Gasteiger partial charge in [0.25, 0.3) is 0 Å². The van der Waals surface area contributed by atoms with Crippen LogP contribution in [0.25, 0.3) is 0 Å². The number of benzene rings is 1. The molecular formula is C18H21N3S. The Bertz CT molecular complexity index is 645. The highest BCUT2D eigenvalue weighted by atomic mass is 32.1. The molecule has 0 bridgehead atoms. The Morgan fingerprint density at radius 2 is 1.82 bits per heavy atom. The molecule has 3 nitrogen and oxygen atoms in total. The summed E-state index contributed by atoms with van der Waals surface area (Å²) in [6, 6.07) is 11.0. The Morgan fingerprint density at radius 1 is 1.18 bits per heavy atom. The van der Waals surface area contributed by atoms with Crippen molar-refractivity contribution >= 4 is 23.0 Å². The molecule has 2 aromatic rings. The third-order valence-electron chi connectivity index (χ3n) is 4.06. The summed E-state index contributed by atoms with van der Waals surface area (Å²) in [4.78, 5) is 6.38. The van der Waals surface area contributed by atoms with Gasteiger partial charge in [-0.2, -0.15) is 0 Å². The number of para-hydroxylation sites is 1. The Morgan fingerprint density at radius 3 is 2.41 bits per heavy atom. The van der Waals surface area contributed by atoms with Crippen LogP contribution >= 0.6 is 12.2 Å². The van der Waals surface area contributed by atoms with Gasteiger partial charge in [-0.1, -0.05) is 18.2 Å². The van der Waals surface area contributed by atoms with Crippen molar-refractivity contribution in [2.24, 2.45) is 0 Å². The maximum Gasteiger partial charge on any atom is 0.173 e. The highest BCUT2D eigenvalue weighted by molar-refractivity contribution is 7.80. The van der Waals surface area contributed by atoms with E-state index in [1.807, 2.05) is 12.4 Å². The molecule has 1 aromatic heterocycles. The van der Waals surface area contributed by atoms with Gasteiger partial charge in [0.2, 0.25) is 0 Å². The van der Waals surface area contributed by atoms with Gasteiger partial charge in [0.15, 0.2) is 5.11 Å². The number of hydrogen-bond donors (Lipinski definition) is 1. The van der Waals surface area contributed by atoms with E-state index in [0.717, 1.165) is 17.3 Å². The van der Waals surface area contributed by atoms with Gasteiger partial charge in [0, 0.05) is 30.7 Å². The first-order valence-electron chi connectivity index (χ1n) is 7.68. The van der Waals surface area contributed by atoms with Gasteiger partial charge in [-0.05, 0) is 67.7 Å². The van der Waals surface area contributed by atoms with Crippen molar-refractivity contribution in [3.63, 3.8) is 0 Å². The Labute approximate surface area is 137 Å². The van der Waals surface area contributed by atoms with Gasteiger partial charge in [0.1, 0.15) is 0 Å². The molecule has 114 valence electrons. The average Bonchev–Trinajstić information content (AvgIpc) is 3.34. The van der Waals surface area contributed by atoms with Crippen LogP contribution in [0, 0.1) is 13.8 Å². The van der Waals surface area contributed by atoms with Gasteiger partial charge in [-0.25, -0.2) is 0 Å². The summed E-state index contributed by atoms with van der Waals surface area (Å²) in [5.74, 6) is 0. The highest BCUT2D eigenvalue weighted by Crippen LogP contribution is 2.30. The summed E-state index contributed by atoms with van der Waals surface area (Å²) in [5.41, 5.74) is 4.82. The minimum Gasteiger partial charge on any atom is -0.342 e. The summed E-state index contributed by atoms with van der Waals surface area (Å²) in [5, 5.41) is 4.28. The third-order valence-corrected chi connectivity index (χ3v) is 4.40. The zero-order valence-corrected chi connectivity index (χ0v) is 13.9. The fourth-order valence-corrected chi connectivity index (χ4v) is 2.94. The van der Waals surface area contributed by atoms with E-state index in [-0.39, 0.29) is 0 Å². The molecule has 0 aliphatic heterocycles. The topological polar surface area (TPSA) is 28.2 Å².